The van der Waals surface area contributed by atoms with Crippen LogP contribution in [0, 0.1) is 6.92 Å². The lowest BCUT2D eigenvalue weighted by Crippen LogP contribution is -2.14. The molecule has 21 heavy (non-hydrogen) atoms. The number of benzene rings is 2. The largest absolute Gasteiger partial charge is 0.277 e. The van der Waals surface area contributed by atoms with E-state index in [1.807, 2.05) is 19.1 Å². The van der Waals surface area contributed by atoms with Crippen molar-refractivity contribution >= 4 is 75.1 Å². The standard InChI is InChI=1S/C13H9Br3ClNO2S/c1-7-4-10(15)13(11(16)5-7)18-21(19,20)8-2-3-12(17)9(14)6-8/h2-6,18H,1H3. The molecule has 2 aromatic rings. The molecule has 112 valence electrons. The molecular formula is C13H9Br3ClNO2S. The zero-order chi connectivity index (χ0) is 15.8. The zero-order valence-corrected chi connectivity index (χ0v) is 17.0. The summed E-state index contributed by atoms with van der Waals surface area (Å²) in [6.07, 6.45) is 0. The van der Waals surface area contributed by atoms with E-state index < -0.39 is 10.0 Å². The van der Waals surface area contributed by atoms with Crippen LogP contribution in [0.4, 0.5) is 5.69 Å². The summed E-state index contributed by atoms with van der Waals surface area (Å²) in [5.41, 5.74) is 1.46. The van der Waals surface area contributed by atoms with Crippen molar-refractivity contribution in [2.75, 3.05) is 4.72 Å². The van der Waals surface area contributed by atoms with Gasteiger partial charge >= 0.3 is 0 Å². The summed E-state index contributed by atoms with van der Waals surface area (Å²) in [6, 6.07) is 8.10. The van der Waals surface area contributed by atoms with Crippen LogP contribution in [0.15, 0.2) is 48.6 Å². The van der Waals surface area contributed by atoms with E-state index in [9.17, 15) is 8.42 Å². The number of anilines is 1. The lowest BCUT2D eigenvalue weighted by atomic mass is 10.2. The minimum Gasteiger partial charge on any atom is -0.277 e. The molecule has 2 aromatic carbocycles. The van der Waals surface area contributed by atoms with E-state index in [0.29, 0.717) is 24.1 Å². The van der Waals surface area contributed by atoms with Crippen molar-refractivity contribution in [3.05, 3.63) is 54.3 Å². The lowest BCUT2D eigenvalue weighted by molar-refractivity contribution is 0.601. The third kappa shape index (κ3) is 4.01. The second-order valence-corrected chi connectivity index (χ2v) is 8.94. The van der Waals surface area contributed by atoms with Gasteiger partial charge in [0.15, 0.2) is 0 Å². The van der Waals surface area contributed by atoms with Crippen LogP contribution in [0.5, 0.6) is 0 Å². The monoisotopic (exact) mass is 515 g/mol. The van der Waals surface area contributed by atoms with Gasteiger partial charge in [0, 0.05) is 13.4 Å². The van der Waals surface area contributed by atoms with E-state index in [1.165, 1.54) is 18.2 Å². The molecule has 0 aromatic heterocycles. The molecule has 0 unspecified atom stereocenters. The molecule has 0 saturated carbocycles. The molecule has 0 spiro atoms. The summed E-state index contributed by atoms with van der Waals surface area (Å²) in [7, 11) is -3.71. The first-order valence-corrected chi connectivity index (χ1v) is 9.88. The third-order valence-electron chi connectivity index (χ3n) is 2.62. The number of nitrogens with one attached hydrogen (secondary N) is 1. The number of hydrogen-bond donors (Lipinski definition) is 1. The number of sulfonamides is 1. The second-order valence-electron chi connectivity index (χ2n) is 4.28. The molecule has 0 bridgehead atoms. The Bertz CT molecular complexity index is 786. The van der Waals surface area contributed by atoms with Crippen molar-refractivity contribution in [1.29, 1.82) is 0 Å². The third-order valence-corrected chi connectivity index (χ3v) is 6.44. The Hall–Kier alpha value is -0.0800. The number of rotatable bonds is 3. The van der Waals surface area contributed by atoms with E-state index in [2.05, 4.69) is 52.5 Å². The zero-order valence-electron chi connectivity index (χ0n) is 10.6. The summed E-state index contributed by atoms with van der Waals surface area (Å²) in [4.78, 5) is 0.123. The maximum absolute atomic E-state index is 12.4. The van der Waals surface area contributed by atoms with Crippen LogP contribution in [-0.4, -0.2) is 8.42 Å². The second kappa shape index (κ2) is 6.58. The van der Waals surface area contributed by atoms with E-state index in [4.69, 9.17) is 11.6 Å². The highest BCUT2D eigenvalue weighted by molar-refractivity contribution is 9.11. The molecule has 2 rings (SSSR count). The van der Waals surface area contributed by atoms with Crippen LogP contribution in [-0.2, 0) is 10.0 Å². The Morgan fingerprint density at radius 3 is 2.10 bits per heavy atom. The predicted molar refractivity (Wildman–Crippen MR) is 96.5 cm³/mol. The molecule has 3 nitrogen and oxygen atoms in total. The molecule has 0 radical (unpaired) electrons. The minimum atomic E-state index is -3.71. The summed E-state index contributed by atoms with van der Waals surface area (Å²) in [5, 5.41) is 0.451. The van der Waals surface area contributed by atoms with Crippen LogP contribution in [0.1, 0.15) is 5.56 Å². The van der Waals surface area contributed by atoms with Crippen molar-refractivity contribution < 1.29 is 8.42 Å². The van der Waals surface area contributed by atoms with Crippen molar-refractivity contribution in [3.8, 4) is 0 Å². The lowest BCUT2D eigenvalue weighted by Gasteiger charge is -2.13. The van der Waals surface area contributed by atoms with E-state index in [1.54, 1.807) is 0 Å². The van der Waals surface area contributed by atoms with Crippen LogP contribution >= 0.6 is 59.4 Å². The fourth-order valence-electron chi connectivity index (χ4n) is 1.63. The average molecular weight is 518 g/mol. The Labute approximate surface area is 153 Å². The molecule has 0 fully saturated rings. The molecule has 0 aliphatic rings. The molecular weight excluding hydrogens is 509 g/mol. The Balaban J connectivity index is 2.44. The van der Waals surface area contributed by atoms with Gasteiger partial charge in [-0.2, -0.15) is 0 Å². The highest BCUT2D eigenvalue weighted by Crippen LogP contribution is 2.34. The number of aryl methyl sites for hydroxylation is 1. The molecule has 0 atom stereocenters. The van der Waals surface area contributed by atoms with Crippen molar-refractivity contribution in [2.45, 2.75) is 11.8 Å². The normalized spacial score (nSPS) is 11.5. The first kappa shape index (κ1) is 17.3. The first-order valence-electron chi connectivity index (χ1n) is 5.64. The van der Waals surface area contributed by atoms with Gasteiger partial charge < -0.3 is 0 Å². The van der Waals surface area contributed by atoms with Gasteiger partial charge in [0.1, 0.15) is 0 Å². The number of hydrogen-bond acceptors (Lipinski definition) is 2. The van der Waals surface area contributed by atoms with Crippen LogP contribution in [0.2, 0.25) is 5.02 Å². The first-order chi connectivity index (χ1) is 9.70. The van der Waals surface area contributed by atoms with Gasteiger partial charge in [0.2, 0.25) is 0 Å². The molecule has 8 heteroatoms. The highest BCUT2D eigenvalue weighted by Gasteiger charge is 2.18. The Morgan fingerprint density at radius 2 is 1.57 bits per heavy atom. The molecule has 0 amide bonds. The van der Waals surface area contributed by atoms with E-state index in [0.717, 1.165) is 5.56 Å². The van der Waals surface area contributed by atoms with Crippen LogP contribution in [0.3, 0.4) is 0 Å². The topological polar surface area (TPSA) is 46.2 Å². The summed E-state index contributed by atoms with van der Waals surface area (Å²) >= 11 is 15.8. The van der Waals surface area contributed by atoms with Crippen LogP contribution in [0.25, 0.3) is 0 Å². The maximum Gasteiger partial charge on any atom is 0.262 e. The molecule has 0 saturated heterocycles. The van der Waals surface area contributed by atoms with Gasteiger partial charge in [0.25, 0.3) is 10.0 Å². The van der Waals surface area contributed by atoms with Gasteiger partial charge in [-0.25, -0.2) is 8.42 Å². The van der Waals surface area contributed by atoms with E-state index >= 15 is 0 Å². The van der Waals surface area contributed by atoms with Gasteiger partial charge in [-0.05, 0) is 90.6 Å². The molecule has 0 heterocycles. The summed E-state index contributed by atoms with van der Waals surface area (Å²) in [5.74, 6) is 0. The van der Waals surface area contributed by atoms with Crippen molar-refractivity contribution in [1.82, 2.24) is 0 Å². The molecule has 0 aliphatic heterocycles. The van der Waals surface area contributed by atoms with Gasteiger partial charge in [-0.1, -0.05) is 11.6 Å². The maximum atomic E-state index is 12.4. The Kier molecular flexibility index (Phi) is 5.41. The average Bonchev–Trinajstić information content (AvgIpc) is 2.37. The van der Waals surface area contributed by atoms with Crippen molar-refractivity contribution in [3.63, 3.8) is 0 Å². The fraction of sp³-hybridized carbons (Fsp3) is 0.0769. The van der Waals surface area contributed by atoms with Gasteiger partial charge in [-0.15, -0.1) is 0 Å². The fourth-order valence-corrected chi connectivity index (χ4v) is 5.29. The smallest absolute Gasteiger partial charge is 0.262 e. The quantitative estimate of drug-likeness (QED) is 0.564. The summed E-state index contributed by atoms with van der Waals surface area (Å²) in [6.45, 7) is 1.92. The molecule has 0 aliphatic carbocycles. The minimum absolute atomic E-state index is 0.123. The Morgan fingerprint density at radius 1 is 1.00 bits per heavy atom. The highest BCUT2D eigenvalue weighted by atomic mass is 79.9. The summed E-state index contributed by atoms with van der Waals surface area (Å²) < 4.78 is 29.3. The molecule has 1 N–H and O–H groups in total. The van der Waals surface area contributed by atoms with Gasteiger partial charge in [-0.3, -0.25) is 4.72 Å². The van der Waals surface area contributed by atoms with Gasteiger partial charge in [0.05, 0.1) is 15.6 Å². The SMILES string of the molecule is Cc1cc(Br)c(NS(=O)(=O)c2ccc(Cl)c(Br)c2)c(Br)c1. The predicted octanol–water partition coefficient (Wildman–Crippen LogP) is 5.74. The van der Waals surface area contributed by atoms with E-state index in [-0.39, 0.29) is 4.90 Å². The van der Waals surface area contributed by atoms with Crippen molar-refractivity contribution in [2.24, 2.45) is 0 Å². The van der Waals surface area contributed by atoms with Crippen LogP contribution < -0.4 is 4.72 Å². The number of halogens is 4.